The number of carbonyl (C=O) groups excluding carboxylic acids is 1. The fourth-order valence-electron chi connectivity index (χ4n) is 3.99. The zero-order valence-corrected chi connectivity index (χ0v) is 18.1. The summed E-state index contributed by atoms with van der Waals surface area (Å²) >= 11 is 0. The highest BCUT2D eigenvalue weighted by Crippen LogP contribution is 2.29. The van der Waals surface area contributed by atoms with Crippen molar-refractivity contribution in [3.8, 4) is 11.5 Å². The average Bonchev–Trinajstić information content (AvgIpc) is 3.20. The quantitative estimate of drug-likeness (QED) is 0.625. The number of rotatable bonds is 7. The smallest absolute Gasteiger partial charge is 0.251 e. The molecule has 2 heterocycles. The lowest BCUT2D eigenvalue weighted by molar-refractivity contribution is 0.0924. The van der Waals surface area contributed by atoms with E-state index in [1.165, 1.54) is 5.56 Å². The summed E-state index contributed by atoms with van der Waals surface area (Å²) in [5, 5.41) is 4.29. The number of methoxy groups -OCH3 is 1. The molecule has 6 heteroatoms. The molecule has 0 unspecified atom stereocenters. The first-order valence-electron chi connectivity index (χ1n) is 10.6. The maximum atomic E-state index is 12.9. The number of hydrogen-bond acceptors (Lipinski definition) is 5. The lowest BCUT2D eigenvalue weighted by Crippen LogP contribution is -2.40. The fraction of sp³-hybridized carbons (Fsp3) is 0.360. The second-order valence-corrected chi connectivity index (χ2v) is 8.10. The molecular weight excluding hydrogens is 392 g/mol. The van der Waals surface area contributed by atoms with Gasteiger partial charge in [0.05, 0.1) is 38.0 Å². The number of aromatic nitrogens is 1. The molecule has 162 valence electrons. The molecule has 1 N–H and O–H groups in total. The minimum atomic E-state index is -0.144. The molecule has 31 heavy (non-hydrogen) atoms. The Labute approximate surface area is 182 Å². The van der Waals surface area contributed by atoms with Crippen LogP contribution in [0.2, 0.25) is 0 Å². The monoisotopic (exact) mass is 420 g/mol. The average molecular weight is 421 g/mol. The Bertz CT molecular complexity index is 1060. The number of amides is 1. The first kappa shape index (κ1) is 21.1. The third kappa shape index (κ3) is 4.80. The Hall–Kier alpha value is -3.12. The van der Waals surface area contributed by atoms with Crippen molar-refractivity contribution < 1.29 is 19.0 Å². The van der Waals surface area contributed by atoms with Gasteiger partial charge in [-0.25, -0.2) is 0 Å². The molecule has 1 aliphatic heterocycles. The van der Waals surface area contributed by atoms with Gasteiger partial charge in [0.25, 0.3) is 5.91 Å². The molecule has 1 fully saturated rings. The van der Waals surface area contributed by atoms with Crippen LogP contribution in [0.5, 0.6) is 11.5 Å². The molecule has 1 aromatic heterocycles. The number of para-hydroxylation sites is 1. The number of hydrogen-bond donors (Lipinski definition) is 1. The summed E-state index contributed by atoms with van der Waals surface area (Å²) < 4.78 is 16.9. The van der Waals surface area contributed by atoms with Gasteiger partial charge in [-0.2, -0.15) is 0 Å². The summed E-state index contributed by atoms with van der Waals surface area (Å²) in [6, 6.07) is 15.4. The molecule has 1 amide bonds. The van der Waals surface area contributed by atoms with E-state index < -0.39 is 0 Å². The Balaban J connectivity index is 1.48. The van der Waals surface area contributed by atoms with Crippen LogP contribution in [0.15, 0.2) is 54.7 Å². The molecule has 0 saturated carbocycles. The summed E-state index contributed by atoms with van der Waals surface area (Å²) in [4.78, 5) is 17.4. The van der Waals surface area contributed by atoms with Gasteiger partial charge in [0.1, 0.15) is 0 Å². The highest BCUT2D eigenvalue weighted by atomic mass is 16.5. The van der Waals surface area contributed by atoms with E-state index in [0.29, 0.717) is 30.3 Å². The number of nitrogens with one attached hydrogen (secondary N) is 1. The summed E-state index contributed by atoms with van der Waals surface area (Å²) in [5.74, 6) is 1.22. The largest absolute Gasteiger partial charge is 0.493 e. The highest BCUT2D eigenvalue weighted by molar-refractivity contribution is 5.95. The van der Waals surface area contributed by atoms with Crippen LogP contribution in [0.4, 0.5) is 0 Å². The second-order valence-electron chi connectivity index (χ2n) is 8.10. The van der Waals surface area contributed by atoms with Gasteiger partial charge in [0.15, 0.2) is 11.5 Å². The molecule has 0 aliphatic carbocycles. The van der Waals surface area contributed by atoms with E-state index in [0.717, 1.165) is 17.3 Å². The van der Waals surface area contributed by atoms with Crippen LogP contribution in [0.3, 0.4) is 0 Å². The van der Waals surface area contributed by atoms with E-state index >= 15 is 0 Å². The first-order valence-corrected chi connectivity index (χ1v) is 10.6. The number of fused-ring (bicyclic) bond motifs is 1. The standard InChI is InChI=1S/C25H28N2O4/c1-16(2)31-23-9-8-18(13-24(23)29-3)25(28)27-22-15-30-14-19(22)12-17-10-11-26-21-7-5-4-6-20(17)21/h4-11,13,16,19,22H,12,14-15H2,1-3H3,(H,27,28)/t19-,22+/m1/s1. The maximum Gasteiger partial charge on any atom is 0.251 e. The van der Waals surface area contributed by atoms with Crippen LogP contribution in [-0.2, 0) is 11.2 Å². The van der Waals surface area contributed by atoms with Gasteiger partial charge in [-0.3, -0.25) is 9.78 Å². The van der Waals surface area contributed by atoms with Crippen molar-refractivity contribution in [2.24, 2.45) is 5.92 Å². The lowest BCUT2D eigenvalue weighted by atomic mass is 9.93. The van der Waals surface area contributed by atoms with Crippen LogP contribution in [0, 0.1) is 5.92 Å². The summed E-state index contributed by atoms with van der Waals surface area (Å²) in [6.45, 7) is 5.02. The van der Waals surface area contributed by atoms with Gasteiger partial charge in [0.2, 0.25) is 0 Å². The van der Waals surface area contributed by atoms with E-state index in [2.05, 4.69) is 22.4 Å². The summed E-state index contributed by atoms with van der Waals surface area (Å²) in [7, 11) is 1.57. The topological polar surface area (TPSA) is 69.7 Å². The number of carbonyl (C=O) groups is 1. The molecule has 3 aromatic rings. The van der Waals surface area contributed by atoms with Crippen LogP contribution >= 0.6 is 0 Å². The van der Waals surface area contributed by atoms with Crippen molar-refractivity contribution in [2.75, 3.05) is 20.3 Å². The summed E-state index contributed by atoms with van der Waals surface area (Å²) in [5.41, 5.74) is 2.74. The third-order valence-corrected chi connectivity index (χ3v) is 5.52. The van der Waals surface area contributed by atoms with Crippen molar-refractivity contribution in [1.82, 2.24) is 10.3 Å². The summed E-state index contributed by atoms with van der Waals surface area (Å²) in [6.07, 6.45) is 2.68. The van der Waals surface area contributed by atoms with Gasteiger partial charge in [-0.1, -0.05) is 18.2 Å². The van der Waals surface area contributed by atoms with Crippen LogP contribution in [0.1, 0.15) is 29.8 Å². The molecule has 0 spiro atoms. The normalized spacial score (nSPS) is 18.3. The zero-order chi connectivity index (χ0) is 21.8. The minimum Gasteiger partial charge on any atom is -0.493 e. The van der Waals surface area contributed by atoms with Crippen molar-refractivity contribution in [3.63, 3.8) is 0 Å². The molecular formula is C25H28N2O4. The first-order chi connectivity index (χ1) is 15.0. The van der Waals surface area contributed by atoms with E-state index in [4.69, 9.17) is 14.2 Å². The maximum absolute atomic E-state index is 12.9. The van der Waals surface area contributed by atoms with Gasteiger partial charge in [0, 0.05) is 23.1 Å². The van der Waals surface area contributed by atoms with Gasteiger partial charge >= 0.3 is 0 Å². The van der Waals surface area contributed by atoms with Crippen molar-refractivity contribution in [1.29, 1.82) is 0 Å². The van der Waals surface area contributed by atoms with E-state index in [1.54, 1.807) is 25.3 Å². The number of benzene rings is 2. The van der Waals surface area contributed by atoms with Crippen LogP contribution in [0.25, 0.3) is 10.9 Å². The SMILES string of the molecule is COc1cc(C(=O)N[C@H]2COC[C@H]2Cc2ccnc3ccccc23)ccc1OC(C)C. The van der Waals surface area contributed by atoms with Crippen molar-refractivity contribution >= 4 is 16.8 Å². The zero-order valence-electron chi connectivity index (χ0n) is 18.1. The molecule has 2 aromatic carbocycles. The van der Waals surface area contributed by atoms with Crippen molar-refractivity contribution in [2.45, 2.75) is 32.4 Å². The fourth-order valence-corrected chi connectivity index (χ4v) is 3.99. The Morgan fingerprint density at radius 2 is 2.00 bits per heavy atom. The second kappa shape index (κ2) is 9.35. The van der Waals surface area contributed by atoms with E-state index in [-0.39, 0.29) is 24.0 Å². The van der Waals surface area contributed by atoms with E-state index in [1.807, 2.05) is 38.2 Å². The lowest BCUT2D eigenvalue weighted by Gasteiger charge is -2.20. The number of nitrogens with zero attached hydrogens (tertiary/aromatic N) is 1. The predicted octanol–water partition coefficient (Wildman–Crippen LogP) is 4.02. The molecule has 4 rings (SSSR count). The highest BCUT2D eigenvalue weighted by Gasteiger charge is 2.30. The third-order valence-electron chi connectivity index (χ3n) is 5.52. The Morgan fingerprint density at radius 3 is 2.81 bits per heavy atom. The number of pyridine rings is 1. The van der Waals surface area contributed by atoms with Gasteiger partial charge < -0.3 is 19.5 Å². The molecule has 2 atom stereocenters. The number of ether oxygens (including phenoxy) is 3. The molecule has 1 saturated heterocycles. The minimum absolute atomic E-state index is 0.0224. The van der Waals surface area contributed by atoms with Crippen LogP contribution < -0.4 is 14.8 Å². The predicted molar refractivity (Wildman–Crippen MR) is 120 cm³/mol. The molecule has 1 aliphatic rings. The molecule has 0 bridgehead atoms. The van der Waals surface area contributed by atoms with Crippen LogP contribution in [-0.4, -0.2) is 43.4 Å². The van der Waals surface area contributed by atoms with Crippen molar-refractivity contribution in [3.05, 3.63) is 65.9 Å². The Morgan fingerprint density at radius 1 is 1.16 bits per heavy atom. The molecule has 6 nitrogen and oxygen atoms in total. The Kier molecular flexibility index (Phi) is 6.37. The van der Waals surface area contributed by atoms with Gasteiger partial charge in [-0.05, 0) is 56.2 Å². The van der Waals surface area contributed by atoms with Gasteiger partial charge in [-0.15, -0.1) is 0 Å². The molecule has 0 radical (unpaired) electrons. The van der Waals surface area contributed by atoms with E-state index in [9.17, 15) is 4.79 Å².